The summed E-state index contributed by atoms with van der Waals surface area (Å²) in [5.74, 6) is -0.575. The Balaban J connectivity index is 1.18. The molecule has 0 amide bonds. The quantitative estimate of drug-likeness (QED) is 0.534. The van der Waals surface area contributed by atoms with E-state index >= 15 is 0 Å². The fraction of sp³-hybridized carbons (Fsp3) is 0.318. The Morgan fingerprint density at radius 3 is 2.86 bits per heavy atom. The molecule has 0 unspecified atom stereocenters. The van der Waals surface area contributed by atoms with Crippen LogP contribution in [0, 0.1) is 5.82 Å². The molecule has 0 aliphatic carbocycles. The predicted octanol–water partition coefficient (Wildman–Crippen LogP) is 4.23. The smallest absolute Gasteiger partial charge is 0.406 e. The molecule has 0 spiro atoms. The van der Waals surface area contributed by atoms with E-state index in [1.807, 2.05) is 24.3 Å². The summed E-state index contributed by atoms with van der Waals surface area (Å²) < 4.78 is 20.0. The van der Waals surface area contributed by atoms with Gasteiger partial charge in [0.25, 0.3) is 0 Å². The summed E-state index contributed by atoms with van der Waals surface area (Å²) in [5.41, 5.74) is 3.61. The van der Waals surface area contributed by atoms with E-state index in [9.17, 15) is 9.18 Å². The highest BCUT2D eigenvalue weighted by molar-refractivity contribution is 7.17. The second kappa shape index (κ2) is 7.65. The molecule has 0 bridgehead atoms. The van der Waals surface area contributed by atoms with Gasteiger partial charge in [-0.1, -0.05) is 6.07 Å². The summed E-state index contributed by atoms with van der Waals surface area (Å²) in [6.07, 6.45) is 2.03. The topological polar surface area (TPSA) is 52.5 Å². The molecule has 0 atom stereocenters. The van der Waals surface area contributed by atoms with Gasteiger partial charge >= 0.3 is 5.76 Å². The van der Waals surface area contributed by atoms with Crippen LogP contribution in [0.15, 0.2) is 51.0 Å². The molecular formula is C22H22FN3O2S. The molecule has 3 heterocycles. The lowest BCUT2D eigenvalue weighted by atomic mass is 10.1. The van der Waals surface area contributed by atoms with Gasteiger partial charge in [0.05, 0.1) is 11.2 Å². The fourth-order valence-electron chi connectivity index (χ4n) is 4.16. The van der Waals surface area contributed by atoms with Crippen molar-refractivity contribution in [3.05, 3.63) is 63.7 Å². The third kappa shape index (κ3) is 3.68. The average molecular weight is 412 g/mol. The molecule has 5 nitrogen and oxygen atoms in total. The largest absolute Gasteiger partial charge is 0.417 e. The molecule has 1 aliphatic rings. The number of hydrogen-bond donors (Lipinski definition) is 1. The number of rotatable bonds is 5. The second-order valence-electron chi connectivity index (χ2n) is 7.50. The summed E-state index contributed by atoms with van der Waals surface area (Å²) >= 11 is 1.69. The molecule has 0 radical (unpaired) electrons. The number of nitrogens with zero attached hydrogens (tertiary/aromatic N) is 2. The number of anilines is 1. The zero-order valence-corrected chi connectivity index (χ0v) is 16.8. The Morgan fingerprint density at radius 1 is 1.14 bits per heavy atom. The van der Waals surface area contributed by atoms with Crippen molar-refractivity contribution in [2.45, 2.75) is 12.8 Å². The van der Waals surface area contributed by atoms with Crippen LogP contribution in [-0.2, 0) is 6.42 Å². The number of oxazole rings is 1. The molecule has 1 N–H and O–H groups in total. The highest BCUT2D eigenvalue weighted by Gasteiger charge is 2.20. The number of hydrogen-bond acceptors (Lipinski definition) is 5. The first-order valence-corrected chi connectivity index (χ1v) is 10.8. The lowest BCUT2D eigenvalue weighted by molar-refractivity contribution is 0.255. The van der Waals surface area contributed by atoms with E-state index in [2.05, 4.69) is 20.2 Å². The van der Waals surface area contributed by atoms with Crippen LogP contribution in [0.1, 0.15) is 12.0 Å². The van der Waals surface area contributed by atoms with E-state index in [1.54, 1.807) is 17.4 Å². The van der Waals surface area contributed by atoms with E-state index in [-0.39, 0.29) is 5.82 Å². The number of halogens is 1. The SMILES string of the molecule is O=c1[nH]c2cccc(N3CCN(CCCc4csc5ccc(F)cc45)CC3)c2o1. The van der Waals surface area contributed by atoms with E-state index in [0.717, 1.165) is 66.9 Å². The first-order valence-electron chi connectivity index (χ1n) is 9.92. The van der Waals surface area contributed by atoms with Crippen LogP contribution in [0.4, 0.5) is 10.1 Å². The van der Waals surface area contributed by atoms with Crippen molar-refractivity contribution in [3.63, 3.8) is 0 Å². The summed E-state index contributed by atoms with van der Waals surface area (Å²) in [6.45, 7) is 4.79. The van der Waals surface area contributed by atoms with Gasteiger partial charge in [0, 0.05) is 30.9 Å². The average Bonchev–Trinajstić information content (AvgIpc) is 3.30. The van der Waals surface area contributed by atoms with Crippen molar-refractivity contribution >= 4 is 38.2 Å². The molecule has 4 aromatic rings. The third-order valence-electron chi connectivity index (χ3n) is 5.67. The van der Waals surface area contributed by atoms with Crippen LogP contribution in [-0.4, -0.2) is 42.6 Å². The first-order chi connectivity index (χ1) is 14.2. The standard InChI is InChI=1S/C22H22FN3O2S/c23-16-6-7-20-17(13-16)15(14-29-20)3-2-8-25-9-11-26(12-10-25)19-5-1-4-18-21(19)28-22(27)24-18/h1,4-7,13-14H,2-3,8-12H2,(H,24,27). The Bertz CT molecular complexity index is 1200. The van der Waals surface area contributed by atoms with Gasteiger partial charge in [0.1, 0.15) is 5.82 Å². The number of aromatic nitrogens is 1. The van der Waals surface area contributed by atoms with Crippen LogP contribution >= 0.6 is 11.3 Å². The zero-order valence-electron chi connectivity index (χ0n) is 16.0. The predicted molar refractivity (Wildman–Crippen MR) is 116 cm³/mol. The van der Waals surface area contributed by atoms with Crippen molar-refractivity contribution < 1.29 is 8.81 Å². The van der Waals surface area contributed by atoms with Crippen LogP contribution in [0.25, 0.3) is 21.2 Å². The number of aryl methyl sites for hydroxylation is 1. The van der Waals surface area contributed by atoms with Crippen LogP contribution in [0.2, 0.25) is 0 Å². The van der Waals surface area contributed by atoms with E-state index in [1.165, 1.54) is 11.6 Å². The number of thiophene rings is 1. The van der Waals surface area contributed by atoms with Gasteiger partial charge in [-0.3, -0.25) is 9.88 Å². The fourth-order valence-corrected chi connectivity index (χ4v) is 5.14. The van der Waals surface area contributed by atoms with Crippen molar-refractivity contribution in [2.24, 2.45) is 0 Å². The Kier molecular flexibility index (Phi) is 4.85. The number of aromatic amines is 1. The molecule has 1 saturated heterocycles. The number of piperazine rings is 1. The van der Waals surface area contributed by atoms with Crippen LogP contribution < -0.4 is 10.7 Å². The van der Waals surface area contributed by atoms with E-state index in [0.29, 0.717) is 5.58 Å². The highest BCUT2D eigenvalue weighted by Crippen LogP contribution is 2.28. The normalized spacial score (nSPS) is 15.6. The third-order valence-corrected chi connectivity index (χ3v) is 6.69. The molecular weight excluding hydrogens is 389 g/mol. The number of para-hydroxylation sites is 1. The number of nitrogens with one attached hydrogen (secondary N) is 1. The molecule has 7 heteroatoms. The Labute approximate surface area is 171 Å². The highest BCUT2D eigenvalue weighted by atomic mass is 32.1. The summed E-state index contributed by atoms with van der Waals surface area (Å²) in [7, 11) is 0. The summed E-state index contributed by atoms with van der Waals surface area (Å²) in [4.78, 5) is 19.0. The molecule has 0 saturated carbocycles. The van der Waals surface area contributed by atoms with Crippen molar-refractivity contribution in [3.8, 4) is 0 Å². The molecule has 29 heavy (non-hydrogen) atoms. The Morgan fingerprint density at radius 2 is 2.00 bits per heavy atom. The minimum atomic E-state index is -0.410. The summed E-state index contributed by atoms with van der Waals surface area (Å²) in [6, 6.07) is 10.9. The van der Waals surface area contributed by atoms with Crippen molar-refractivity contribution in [1.82, 2.24) is 9.88 Å². The van der Waals surface area contributed by atoms with Crippen LogP contribution in [0.3, 0.4) is 0 Å². The minimum absolute atomic E-state index is 0.165. The van der Waals surface area contributed by atoms with Gasteiger partial charge in [-0.25, -0.2) is 9.18 Å². The first kappa shape index (κ1) is 18.4. The summed E-state index contributed by atoms with van der Waals surface area (Å²) in [5, 5.41) is 3.22. The monoisotopic (exact) mass is 411 g/mol. The maximum atomic E-state index is 13.5. The second-order valence-corrected chi connectivity index (χ2v) is 8.41. The van der Waals surface area contributed by atoms with Gasteiger partial charge in [-0.05, 0) is 66.0 Å². The molecule has 2 aromatic carbocycles. The number of H-pyrrole nitrogens is 1. The number of benzene rings is 2. The van der Waals surface area contributed by atoms with Gasteiger partial charge in [-0.15, -0.1) is 11.3 Å². The zero-order chi connectivity index (χ0) is 19.8. The maximum Gasteiger partial charge on any atom is 0.417 e. The van der Waals surface area contributed by atoms with Gasteiger partial charge < -0.3 is 9.32 Å². The van der Waals surface area contributed by atoms with Crippen LogP contribution in [0.5, 0.6) is 0 Å². The lowest BCUT2D eigenvalue weighted by Crippen LogP contribution is -2.46. The molecule has 5 rings (SSSR count). The van der Waals surface area contributed by atoms with Crippen molar-refractivity contribution in [2.75, 3.05) is 37.6 Å². The van der Waals surface area contributed by atoms with E-state index < -0.39 is 5.76 Å². The van der Waals surface area contributed by atoms with Gasteiger partial charge in [0.2, 0.25) is 0 Å². The maximum absolute atomic E-state index is 13.5. The molecule has 2 aromatic heterocycles. The van der Waals surface area contributed by atoms with Gasteiger partial charge in [0.15, 0.2) is 5.58 Å². The van der Waals surface area contributed by atoms with Crippen molar-refractivity contribution in [1.29, 1.82) is 0 Å². The van der Waals surface area contributed by atoms with Gasteiger partial charge in [-0.2, -0.15) is 0 Å². The molecule has 150 valence electrons. The lowest BCUT2D eigenvalue weighted by Gasteiger charge is -2.36. The minimum Gasteiger partial charge on any atom is -0.406 e. The number of fused-ring (bicyclic) bond motifs is 2. The van der Waals surface area contributed by atoms with E-state index in [4.69, 9.17) is 4.42 Å². The molecule has 1 fully saturated rings. The molecule has 1 aliphatic heterocycles. The Hall–Kier alpha value is -2.64.